The zero-order valence-corrected chi connectivity index (χ0v) is 13.6. The number of amidine groups is 1. The van der Waals surface area contributed by atoms with Crippen molar-refractivity contribution >= 4 is 29.8 Å². The fourth-order valence-electron chi connectivity index (χ4n) is 5.72. The number of nitrogens with one attached hydrogen (secondary N) is 1. The summed E-state index contributed by atoms with van der Waals surface area (Å²) in [4.78, 5) is 0. The summed E-state index contributed by atoms with van der Waals surface area (Å²) < 4.78 is 0. The van der Waals surface area contributed by atoms with Crippen molar-refractivity contribution in [3.05, 3.63) is 34.9 Å². The number of halogens is 2. The molecule has 0 amide bonds. The summed E-state index contributed by atoms with van der Waals surface area (Å²) in [7, 11) is 0. The number of benzene rings is 1. The third-order valence-electron chi connectivity index (χ3n) is 6.19. The molecule has 114 valence electrons. The minimum absolute atomic E-state index is 0. The highest BCUT2D eigenvalue weighted by Crippen LogP contribution is 2.62. The molecular weight excluding hydrogens is 303 g/mol. The second kappa shape index (κ2) is 5.17. The molecule has 0 aliphatic heterocycles. The Morgan fingerprint density at radius 3 is 1.90 bits per heavy atom. The molecule has 4 aliphatic rings. The van der Waals surface area contributed by atoms with Gasteiger partial charge in [-0.1, -0.05) is 23.7 Å². The van der Waals surface area contributed by atoms with Gasteiger partial charge in [-0.05, 0) is 73.5 Å². The van der Waals surface area contributed by atoms with Crippen LogP contribution in [-0.2, 0) is 5.41 Å². The highest BCUT2D eigenvalue weighted by molar-refractivity contribution is 6.30. The average molecular weight is 325 g/mol. The molecule has 5 rings (SSSR count). The van der Waals surface area contributed by atoms with Crippen LogP contribution in [0.1, 0.15) is 37.7 Å². The lowest BCUT2D eigenvalue weighted by atomic mass is 9.43. The maximum atomic E-state index is 8.35. The highest BCUT2D eigenvalue weighted by atomic mass is 35.5. The molecule has 21 heavy (non-hydrogen) atoms. The molecule has 1 aromatic carbocycles. The Morgan fingerprint density at radius 1 is 1.00 bits per heavy atom. The van der Waals surface area contributed by atoms with E-state index in [1.807, 2.05) is 12.1 Å². The summed E-state index contributed by atoms with van der Waals surface area (Å²) >= 11 is 6.04. The van der Waals surface area contributed by atoms with Gasteiger partial charge in [0.05, 0.1) is 5.41 Å². The van der Waals surface area contributed by atoms with E-state index in [2.05, 4.69) is 12.1 Å². The van der Waals surface area contributed by atoms with Gasteiger partial charge in [-0.25, -0.2) is 0 Å². The summed E-state index contributed by atoms with van der Waals surface area (Å²) in [6.07, 6.45) is 6.45. The second-order valence-corrected chi connectivity index (χ2v) is 7.53. The summed E-state index contributed by atoms with van der Waals surface area (Å²) in [5, 5.41) is 9.11. The van der Waals surface area contributed by atoms with Crippen LogP contribution in [0.4, 0.5) is 0 Å². The van der Waals surface area contributed by atoms with Gasteiger partial charge >= 0.3 is 0 Å². The molecule has 4 saturated carbocycles. The normalized spacial score (nSPS) is 39.9. The van der Waals surface area contributed by atoms with Gasteiger partial charge in [0.1, 0.15) is 5.84 Å². The van der Waals surface area contributed by atoms with Crippen LogP contribution in [0, 0.1) is 29.1 Å². The molecule has 4 bridgehead atoms. The molecule has 0 unspecified atom stereocenters. The van der Waals surface area contributed by atoms with E-state index >= 15 is 0 Å². The van der Waals surface area contributed by atoms with Crippen molar-refractivity contribution in [2.24, 2.45) is 29.4 Å². The lowest BCUT2D eigenvalue weighted by Crippen LogP contribution is -2.61. The Hall–Kier alpha value is -0.730. The maximum absolute atomic E-state index is 8.35. The third-order valence-corrected chi connectivity index (χ3v) is 6.45. The fourth-order valence-corrected chi connectivity index (χ4v) is 5.85. The summed E-state index contributed by atoms with van der Waals surface area (Å²) in [5.41, 5.74) is 7.19. The van der Waals surface area contributed by atoms with Crippen molar-refractivity contribution in [3.63, 3.8) is 0 Å². The monoisotopic (exact) mass is 324 g/mol. The van der Waals surface area contributed by atoms with E-state index in [0.29, 0.717) is 17.7 Å². The van der Waals surface area contributed by atoms with E-state index in [1.165, 1.54) is 37.7 Å². The summed E-state index contributed by atoms with van der Waals surface area (Å²) in [5.74, 6) is 3.29. The Balaban J connectivity index is 0.00000132. The molecule has 4 aliphatic carbocycles. The zero-order valence-electron chi connectivity index (χ0n) is 12.0. The SMILES string of the molecule is Cl.N=C(N)C1(c2ccc(Cl)cc2)C2CC3CC(C2)CC1C3. The quantitative estimate of drug-likeness (QED) is 0.615. The van der Waals surface area contributed by atoms with Crippen molar-refractivity contribution in [2.45, 2.75) is 37.5 Å². The zero-order chi connectivity index (χ0) is 13.9. The lowest BCUT2D eigenvalue weighted by Gasteiger charge is -2.61. The lowest BCUT2D eigenvalue weighted by molar-refractivity contribution is -0.0300. The van der Waals surface area contributed by atoms with Crippen LogP contribution in [0.25, 0.3) is 0 Å². The first-order valence-corrected chi connectivity index (χ1v) is 8.09. The molecular formula is C17H22Cl2N2. The predicted molar refractivity (Wildman–Crippen MR) is 89.3 cm³/mol. The van der Waals surface area contributed by atoms with Crippen LogP contribution in [0.5, 0.6) is 0 Å². The molecule has 0 heterocycles. The minimum atomic E-state index is -0.210. The van der Waals surface area contributed by atoms with Gasteiger partial charge in [0.15, 0.2) is 0 Å². The minimum Gasteiger partial charge on any atom is -0.387 e. The molecule has 1 aromatic rings. The molecule has 0 aromatic heterocycles. The van der Waals surface area contributed by atoms with Gasteiger partial charge in [0.25, 0.3) is 0 Å². The molecule has 0 saturated heterocycles. The molecule has 4 heteroatoms. The second-order valence-electron chi connectivity index (χ2n) is 7.09. The first kappa shape index (κ1) is 15.2. The third kappa shape index (κ3) is 2.03. The van der Waals surface area contributed by atoms with E-state index in [4.69, 9.17) is 22.7 Å². The van der Waals surface area contributed by atoms with Crippen molar-refractivity contribution in [3.8, 4) is 0 Å². The molecule has 2 nitrogen and oxygen atoms in total. The van der Waals surface area contributed by atoms with Crippen molar-refractivity contribution in [2.75, 3.05) is 0 Å². The van der Waals surface area contributed by atoms with Gasteiger partial charge in [0, 0.05) is 5.02 Å². The molecule has 4 fully saturated rings. The maximum Gasteiger partial charge on any atom is 0.102 e. The largest absolute Gasteiger partial charge is 0.387 e. The van der Waals surface area contributed by atoms with E-state index < -0.39 is 0 Å². The molecule has 3 N–H and O–H groups in total. The predicted octanol–water partition coefficient (Wildman–Crippen LogP) is 4.39. The molecule has 0 radical (unpaired) electrons. The van der Waals surface area contributed by atoms with Gasteiger partial charge < -0.3 is 5.73 Å². The van der Waals surface area contributed by atoms with E-state index in [1.54, 1.807) is 0 Å². The number of nitrogens with two attached hydrogens (primary N) is 1. The number of rotatable bonds is 2. The first-order valence-electron chi connectivity index (χ1n) is 7.71. The van der Waals surface area contributed by atoms with Crippen molar-refractivity contribution in [1.82, 2.24) is 0 Å². The van der Waals surface area contributed by atoms with Crippen LogP contribution >= 0.6 is 24.0 Å². The van der Waals surface area contributed by atoms with Gasteiger partial charge in [0.2, 0.25) is 0 Å². The standard InChI is InChI=1S/C17H21ClN2.ClH/c18-15-3-1-12(2-4-15)17(16(19)20)13-6-10-5-11(8-13)9-14(17)7-10;/h1-4,10-11,13-14H,5-9H2,(H3,19,20);1H. The Morgan fingerprint density at radius 2 is 1.48 bits per heavy atom. The topological polar surface area (TPSA) is 49.9 Å². The van der Waals surface area contributed by atoms with Crippen LogP contribution in [-0.4, -0.2) is 5.84 Å². The molecule has 0 atom stereocenters. The van der Waals surface area contributed by atoms with E-state index in [9.17, 15) is 0 Å². The van der Waals surface area contributed by atoms with E-state index in [-0.39, 0.29) is 17.8 Å². The smallest absolute Gasteiger partial charge is 0.102 e. The fraction of sp³-hybridized carbons (Fsp3) is 0.588. The Kier molecular flexibility index (Phi) is 3.74. The summed E-state index contributed by atoms with van der Waals surface area (Å²) in [6.45, 7) is 0. The van der Waals surface area contributed by atoms with Crippen molar-refractivity contribution < 1.29 is 0 Å². The van der Waals surface area contributed by atoms with Crippen LogP contribution in [0.15, 0.2) is 24.3 Å². The highest BCUT2D eigenvalue weighted by Gasteiger charge is 2.59. The van der Waals surface area contributed by atoms with Crippen LogP contribution in [0.2, 0.25) is 5.02 Å². The van der Waals surface area contributed by atoms with Crippen LogP contribution < -0.4 is 5.73 Å². The number of hydrogen-bond acceptors (Lipinski definition) is 1. The Bertz CT molecular complexity index is 524. The Labute approximate surface area is 137 Å². The molecule has 0 spiro atoms. The van der Waals surface area contributed by atoms with E-state index in [0.717, 1.165) is 16.9 Å². The van der Waals surface area contributed by atoms with Crippen molar-refractivity contribution in [1.29, 1.82) is 5.41 Å². The average Bonchev–Trinajstić information content (AvgIpc) is 2.39. The number of hydrogen-bond donors (Lipinski definition) is 2. The van der Waals surface area contributed by atoms with Gasteiger partial charge in [-0.15, -0.1) is 12.4 Å². The first-order chi connectivity index (χ1) is 9.60. The summed E-state index contributed by atoms with van der Waals surface area (Å²) in [6, 6.07) is 8.11. The van der Waals surface area contributed by atoms with Gasteiger partial charge in [-0.2, -0.15) is 0 Å². The van der Waals surface area contributed by atoms with Gasteiger partial charge in [-0.3, -0.25) is 5.41 Å². The van der Waals surface area contributed by atoms with Crippen LogP contribution in [0.3, 0.4) is 0 Å².